The normalized spacial score (nSPS) is 18.7. The number of nitrogens with two attached hydrogens (primary N) is 2. The predicted octanol–water partition coefficient (Wildman–Crippen LogP) is 2.74. The van der Waals surface area contributed by atoms with Gasteiger partial charge in [-0.1, -0.05) is 22.0 Å². The van der Waals surface area contributed by atoms with E-state index >= 15 is 0 Å². The number of hydrogen-bond acceptors (Lipinski definition) is 8. The topological polar surface area (TPSA) is 98.5 Å². The highest BCUT2D eigenvalue weighted by Gasteiger charge is 2.43. The van der Waals surface area contributed by atoms with Crippen LogP contribution in [0.15, 0.2) is 38.7 Å². The van der Waals surface area contributed by atoms with Crippen LogP contribution in [0.2, 0.25) is 0 Å². The SMILES string of the molecule is Cl.NC1=NC2(CCSCC2)N(OCCCOc2cccc(Br)c2)C(N)=N1. The molecule has 1 aromatic carbocycles. The van der Waals surface area contributed by atoms with Crippen LogP contribution >= 0.6 is 40.1 Å². The van der Waals surface area contributed by atoms with Crippen molar-refractivity contribution in [3.8, 4) is 5.75 Å². The van der Waals surface area contributed by atoms with Gasteiger partial charge >= 0.3 is 0 Å². The molecule has 26 heavy (non-hydrogen) atoms. The molecule has 0 radical (unpaired) electrons. The molecular formula is C16H23BrClN5O2S. The van der Waals surface area contributed by atoms with E-state index in [9.17, 15) is 0 Å². The third-order valence-corrected chi connectivity index (χ3v) is 5.48. The van der Waals surface area contributed by atoms with Gasteiger partial charge in [0.15, 0.2) is 5.66 Å². The minimum absolute atomic E-state index is 0. The number of guanidine groups is 2. The van der Waals surface area contributed by atoms with Crippen LogP contribution in [-0.4, -0.2) is 47.4 Å². The van der Waals surface area contributed by atoms with Gasteiger partial charge in [0, 0.05) is 23.7 Å². The van der Waals surface area contributed by atoms with E-state index in [0.29, 0.717) is 13.2 Å². The highest BCUT2D eigenvalue weighted by Crippen LogP contribution is 2.35. The minimum atomic E-state index is -0.522. The van der Waals surface area contributed by atoms with Crippen LogP contribution in [-0.2, 0) is 4.84 Å². The molecule has 1 fully saturated rings. The van der Waals surface area contributed by atoms with Crippen LogP contribution in [0, 0.1) is 0 Å². The van der Waals surface area contributed by atoms with E-state index in [2.05, 4.69) is 25.9 Å². The quantitative estimate of drug-likeness (QED) is 0.628. The third kappa shape index (κ3) is 5.18. The van der Waals surface area contributed by atoms with Gasteiger partial charge in [-0.3, -0.25) is 4.84 Å². The van der Waals surface area contributed by atoms with Crippen molar-refractivity contribution in [2.75, 3.05) is 24.7 Å². The Bertz CT molecular complexity index is 670. The molecule has 0 atom stereocenters. The van der Waals surface area contributed by atoms with Crippen LogP contribution in [0.3, 0.4) is 0 Å². The first-order valence-electron chi connectivity index (χ1n) is 8.18. The zero-order chi connectivity index (χ0) is 17.7. The molecule has 0 unspecified atom stereocenters. The number of hydrogen-bond donors (Lipinski definition) is 2. The summed E-state index contributed by atoms with van der Waals surface area (Å²) in [4.78, 5) is 14.5. The fraction of sp³-hybridized carbons (Fsp3) is 0.500. The van der Waals surface area contributed by atoms with E-state index in [1.54, 1.807) is 5.06 Å². The van der Waals surface area contributed by atoms with Crippen molar-refractivity contribution in [3.63, 3.8) is 0 Å². The first-order valence-corrected chi connectivity index (χ1v) is 10.1. The molecule has 4 N–H and O–H groups in total. The van der Waals surface area contributed by atoms with E-state index < -0.39 is 5.66 Å². The monoisotopic (exact) mass is 463 g/mol. The number of nitrogens with zero attached hydrogens (tertiary/aromatic N) is 3. The zero-order valence-electron chi connectivity index (χ0n) is 14.3. The lowest BCUT2D eigenvalue weighted by atomic mass is 10.0. The summed E-state index contributed by atoms with van der Waals surface area (Å²) >= 11 is 5.33. The van der Waals surface area contributed by atoms with Crippen molar-refractivity contribution in [1.29, 1.82) is 0 Å². The van der Waals surface area contributed by atoms with Gasteiger partial charge in [0.1, 0.15) is 5.75 Å². The number of aliphatic imine (C=N–C) groups is 2. The summed E-state index contributed by atoms with van der Waals surface area (Å²) in [7, 11) is 0. The van der Waals surface area contributed by atoms with Gasteiger partial charge in [-0.25, -0.2) is 4.99 Å². The maximum atomic E-state index is 6.04. The van der Waals surface area contributed by atoms with Crippen molar-refractivity contribution >= 4 is 52.0 Å². The van der Waals surface area contributed by atoms with Gasteiger partial charge in [0.05, 0.1) is 13.2 Å². The molecule has 3 rings (SSSR count). The van der Waals surface area contributed by atoms with Crippen molar-refractivity contribution in [1.82, 2.24) is 5.06 Å². The summed E-state index contributed by atoms with van der Waals surface area (Å²) in [6.07, 6.45) is 2.40. The molecule has 0 aliphatic carbocycles. The molecule has 7 nitrogen and oxygen atoms in total. The van der Waals surface area contributed by atoms with Gasteiger partial charge in [-0.05, 0) is 29.7 Å². The molecule has 2 aliphatic rings. The van der Waals surface area contributed by atoms with Crippen LogP contribution in [0.4, 0.5) is 0 Å². The largest absolute Gasteiger partial charge is 0.493 e. The van der Waals surface area contributed by atoms with Crippen LogP contribution < -0.4 is 16.2 Å². The van der Waals surface area contributed by atoms with Crippen molar-refractivity contribution in [3.05, 3.63) is 28.7 Å². The molecule has 10 heteroatoms. The van der Waals surface area contributed by atoms with Gasteiger partial charge in [-0.15, -0.1) is 12.4 Å². The molecule has 0 amide bonds. The smallest absolute Gasteiger partial charge is 0.226 e. The molecule has 144 valence electrons. The van der Waals surface area contributed by atoms with Crippen molar-refractivity contribution in [2.24, 2.45) is 21.5 Å². The Morgan fingerprint density at radius 2 is 2.00 bits per heavy atom. The van der Waals surface area contributed by atoms with E-state index in [0.717, 1.165) is 41.0 Å². The second-order valence-electron chi connectivity index (χ2n) is 5.82. The van der Waals surface area contributed by atoms with Crippen molar-refractivity contribution in [2.45, 2.75) is 24.9 Å². The number of rotatable bonds is 6. The fourth-order valence-corrected chi connectivity index (χ4v) is 4.35. The van der Waals surface area contributed by atoms with Gasteiger partial charge in [-0.2, -0.15) is 21.8 Å². The average Bonchev–Trinajstić information content (AvgIpc) is 2.57. The number of benzene rings is 1. The molecule has 0 saturated carbocycles. The zero-order valence-corrected chi connectivity index (χ0v) is 17.5. The molecule has 0 bridgehead atoms. The molecule has 2 aliphatic heterocycles. The van der Waals surface area contributed by atoms with E-state index in [1.165, 1.54) is 0 Å². The number of halogens is 2. The first kappa shape index (κ1) is 21.1. The molecular weight excluding hydrogens is 442 g/mol. The standard InChI is InChI=1S/C16H22BrN5O2S.ClH/c17-12-3-1-4-13(11-12)23-7-2-8-24-22-15(19)20-14(18)21-16(22)5-9-25-10-6-16;/h1,3-4,11H,2,5-10H2,(H4,18,19,20,21);1H. The fourth-order valence-electron chi connectivity index (χ4n) is 2.82. The summed E-state index contributed by atoms with van der Waals surface area (Å²) in [6, 6.07) is 7.76. The Balaban J connectivity index is 0.00000243. The average molecular weight is 465 g/mol. The van der Waals surface area contributed by atoms with Crippen LogP contribution in [0.1, 0.15) is 19.3 Å². The summed E-state index contributed by atoms with van der Waals surface area (Å²) in [5.74, 6) is 3.31. The highest BCUT2D eigenvalue weighted by molar-refractivity contribution is 9.10. The second kappa shape index (κ2) is 9.68. The van der Waals surface area contributed by atoms with Gasteiger partial charge < -0.3 is 16.2 Å². The maximum absolute atomic E-state index is 6.04. The lowest BCUT2D eigenvalue weighted by Crippen LogP contribution is -2.58. The predicted molar refractivity (Wildman–Crippen MR) is 112 cm³/mol. The van der Waals surface area contributed by atoms with E-state index in [1.807, 2.05) is 36.0 Å². The van der Waals surface area contributed by atoms with Gasteiger partial charge in [0.25, 0.3) is 0 Å². The van der Waals surface area contributed by atoms with E-state index in [-0.39, 0.29) is 24.3 Å². The maximum Gasteiger partial charge on any atom is 0.226 e. The molecule has 1 spiro atoms. The van der Waals surface area contributed by atoms with Gasteiger partial charge in [0.2, 0.25) is 11.9 Å². The molecule has 1 aromatic rings. The number of ether oxygens (including phenoxy) is 1. The van der Waals surface area contributed by atoms with Crippen molar-refractivity contribution < 1.29 is 9.57 Å². The Hall–Kier alpha value is -1.16. The Labute approximate surface area is 172 Å². The number of thioether (sulfide) groups is 1. The Morgan fingerprint density at radius 3 is 2.73 bits per heavy atom. The Morgan fingerprint density at radius 1 is 1.23 bits per heavy atom. The third-order valence-electron chi connectivity index (χ3n) is 4.01. The number of hydroxylamine groups is 2. The summed E-state index contributed by atoms with van der Waals surface area (Å²) < 4.78 is 6.71. The summed E-state index contributed by atoms with van der Waals surface area (Å²) in [5.41, 5.74) is 11.3. The lowest BCUT2D eigenvalue weighted by Gasteiger charge is -2.43. The van der Waals surface area contributed by atoms with E-state index in [4.69, 9.17) is 21.0 Å². The minimum Gasteiger partial charge on any atom is -0.493 e. The second-order valence-corrected chi connectivity index (χ2v) is 7.96. The summed E-state index contributed by atoms with van der Waals surface area (Å²) in [5, 5.41) is 1.64. The van der Waals surface area contributed by atoms with Crippen LogP contribution in [0.25, 0.3) is 0 Å². The first-order chi connectivity index (χ1) is 12.1. The Kier molecular flexibility index (Phi) is 7.87. The molecule has 0 aromatic heterocycles. The molecule has 2 heterocycles. The van der Waals surface area contributed by atoms with Crippen LogP contribution in [0.5, 0.6) is 5.75 Å². The lowest BCUT2D eigenvalue weighted by molar-refractivity contribution is -0.171. The highest BCUT2D eigenvalue weighted by atomic mass is 79.9. The molecule has 1 saturated heterocycles. The summed E-state index contributed by atoms with van der Waals surface area (Å²) in [6.45, 7) is 1.02.